The van der Waals surface area contributed by atoms with Crippen LogP contribution in [-0.2, 0) is 10.0 Å². The Morgan fingerprint density at radius 2 is 1.65 bits per heavy atom. The van der Waals surface area contributed by atoms with Gasteiger partial charge in [0.15, 0.2) is 0 Å². The van der Waals surface area contributed by atoms with Crippen LogP contribution in [0, 0.1) is 6.92 Å². The number of anilines is 1. The molecule has 0 aliphatic heterocycles. The summed E-state index contributed by atoms with van der Waals surface area (Å²) in [5.41, 5.74) is -0.138. The molecule has 0 heterocycles. The molecular weight excluding hydrogens is 322 g/mol. The first-order valence-electron chi connectivity index (χ1n) is 6.41. The molecule has 7 nitrogen and oxygen atoms in total. The third-order valence-corrected chi connectivity index (χ3v) is 4.63. The molecule has 0 saturated carbocycles. The fourth-order valence-electron chi connectivity index (χ4n) is 1.98. The summed E-state index contributed by atoms with van der Waals surface area (Å²) in [7, 11) is -4.13. The Hall–Kier alpha value is -2.87. The topological polar surface area (TPSA) is 121 Å². The summed E-state index contributed by atoms with van der Waals surface area (Å²) in [6.07, 6.45) is 0. The van der Waals surface area contributed by atoms with E-state index in [1.807, 2.05) is 0 Å². The molecule has 0 radical (unpaired) electrons. The number of hydrogen-bond acceptors (Lipinski definition) is 4. The molecule has 120 valence electrons. The first-order valence-corrected chi connectivity index (χ1v) is 7.90. The van der Waals surface area contributed by atoms with E-state index in [0.717, 1.165) is 6.07 Å². The summed E-state index contributed by atoms with van der Waals surface area (Å²) < 4.78 is 27.1. The maximum Gasteiger partial charge on any atom is 0.337 e. The van der Waals surface area contributed by atoms with Crippen molar-refractivity contribution in [3.63, 3.8) is 0 Å². The van der Waals surface area contributed by atoms with Crippen LogP contribution in [0.15, 0.2) is 47.4 Å². The number of carboxylic acids is 2. The highest BCUT2D eigenvalue weighted by Gasteiger charge is 2.21. The van der Waals surface area contributed by atoms with Gasteiger partial charge in [0.2, 0.25) is 0 Å². The monoisotopic (exact) mass is 335 g/mol. The van der Waals surface area contributed by atoms with Gasteiger partial charge < -0.3 is 10.2 Å². The van der Waals surface area contributed by atoms with E-state index in [-0.39, 0.29) is 21.7 Å². The van der Waals surface area contributed by atoms with Crippen LogP contribution in [0.5, 0.6) is 0 Å². The van der Waals surface area contributed by atoms with Crippen molar-refractivity contribution >= 4 is 27.6 Å². The van der Waals surface area contributed by atoms with Gasteiger partial charge in [0.1, 0.15) is 0 Å². The second kappa shape index (κ2) is 6.09. The zero-order valence-electron chi connectivity index (χ0n) is 12.0. The van der Waals surface area contributed by atoms with E-state index in [1.165, 1.54) is 43.3 Å². The summed E-state index contributed by atoms with van der Waals surface area (Å²) in [5, 5.41) is 18.1. The van der Waals surface area contributed by atoms with E-state index in [9.17, 15) is 18.0 Å². The van der Waals surface area contributed by atoms with Gasteiger partial charge in [-0.1, -0.05) is 18.2 Å². The van der Waals surface area contributed by atoms with Gasteiger partial charge in [-0.25, -0.2) is 18.0 Å². The standard InChI is InChI=1S/C15H13NO6S/c1-9-6-7-10(14(17)18)8-13(9)23(21,22)16-12-5-3-2-4-11(12)15(19)20/h2-8,16H,1H3,(H,17,18)(H,19,20). The molecule has 2 rings (SSSR count). The van der Waals surface area contributed by atoms with Gasteiger partial charge in [-0.05, 0) is 36.8 Å². The summed E-state index contributed by atoms with van der Waals surface area (Å²) in [5.74, 6) is -2.54. The van der Waals surface area contributed by atoms with Crippen molar-refractivity contribution in [2.45, 2.75) is 11.8 Å². The Balaban J connectivity index is 2.50. The summed E-state index contributed by atoms with van der Waals surface area (Å²) in [6, 6.07) is 9.24. The van der Waals surface area contributed by atoms with Crippen LogP contribution < -0.4 is 4.72 Å². The van der Waals surface area contributed by atoms with E-state index in [1.54, 1.807) is 0 Å². The minimum absolute atomic E-state index is 0.0971. The van der Waals surface area contributed by atoms with Crippen molar-refractivity contribution in [3.8, 4) is 0 Å². The fraction of sp³-hybridized carbons (Fsp3) is 0.0667. The number of aryl methyl sites for hydroxylation is 1. The van der Waals surface area contributed by atoms with Gasteiger partial charge in [0.25, 0.3) is 10.0 Å². The van der Waals surface area contributed by atoms with Gasteiger partial charge in [0.05, 0.1) is 21.7 Å². The molecule has 8 heteroatoms. The molecule has 3 N–H and O–H groups in total. The lowest BCUT2D eigenvalue weighted by Gasteiger charge is -2.12. The van der Waals surface area contributed by atoms with E-state index in [0.29, 0.717) is 5.56 Å². The predicted octanol–water partition coefficient (Wildman–Crippen LogP) is 2.19. The summed E-state index contributed by atoms with van der Waals surface area (Å²) in [6.45, 7) is 1.52. The van der Waals surface area contributed by atoms with E-state index in [2.05, 4.69) is 4.72 Å². The Labute approximate surface area is 132 Å². The number of nitrogens with one attached hydrogen (secondary N) is 1. The van der Waals surface area contributed by atoms with E-state index >= 15 is 0 Å². The first-order chi connectivity index (χ1) is 10.7. The first kappa shape index (κ1) is 16.5. The Kier molecular flexibility index (Phi) is 4.37. The minimum atomic E-state index is -4.13. The molecule has 0 fully saturated rings. The van der Waals surface area contributed by atoms with Crippen molar-refractivity contribution in [3.05, 3.63) is 59.2 Å². The third kappa shape index (κ3) is 3.49. The molecule has 0 aliphatic carbocycles. The molecule has 0 aliphatic rings. The Morgan fingerprint density at radius 3 is 2.26 bits per heavy atom. The van der Waals surface area contributed by atoms with Crippen LogP contribution in [0.2, 0.25) is 0 Å². The Morgan fingerprint density at radius 1 is 1.00 bits per heavy atom. The van der Waals surface area contributed by atoms with E-state index < -0.39 is 22.0 Å². The third-order valence-electron chi connectivity index (χ3n) is 3.13. The number of sulfonamides is 1. The highest BCUT2D eigenvalue weighted by atomic mass is 32.2. The van der Waals surface area contributed by atoms with Crippen LogP contribution in [0.1, 0.15) is 26.3 Å². The van der Waals surface area contributed by atoms with Gasteiger partial charge in [-0.15, -0.1) is 0 Å². The molecule has 2 aromatic rings. The zero-order valence-corrected chi connectivity index (χ0v) is 12.8. The number of benzene rings is 2. The molecule has 0 spiro atoms. The van der Waals surface area contributed by atoms with Gasteiger partial charge in [0, 0.05) is 0 Å². The molecule has 0 unspecified atom stereocenters. The average Bonchev–Trinajstić information content (AvgIpc) is 2.47. The maximum atomic E-state index is 12.5. The molecule has 0 atom stereocenters. The number of hydrogen-bond donors (Lipinski definition) is 3. The smallest absolute Gasteiger partial charge is 0.337 e. The highest BCUT2D eigenvalue weighted by molar-refractivity contribution is 7.92. The summed E-state index contributed by atoms with van der Waals surface area (Å²) >= 11 is 0. The van der Waals surface area contributed by atoms with Crippen molar-refractivity contribution in [1.82, 2.24) is 0 Å². The molecular formula is C15H13NO6S. The second-order valence-electron chi connectivity index (χ2n) is 4.74. The number of carboxylic acid groups (broad SMARTS) is 2. The van der Waals surface area contributed by atoms with Gasteiger partial charge in [-0.3, -0.25) is 4.72 Å². The van der Waals surface area contributed by atoms with Crippen LogP contribution in [0.25, 0.3) is 0 Å². The number of para-hydroxylation sites is 1. The van der Waals surface area contributed by atoms with Crippen LogP contribution in [0.4, 0.5) is 5.69 Å². The normalized spacial score (nSPS) is 11.0. The highest BCUT2D eigenvalue weighted by Crippen LogP contribution is 2.23. The number of rotatable bonds is 5. The van der Waals surface area contributed by atoms with Crippen molar-refractivity contribution in [2.24, 2.45) is 0 Å². The Bertz CT molecular complexity index is 889. The van der Waals surface area contributed by atoms with Crippen molar-refractivity contribution in [2.75, 3.05) is 4.72 Å². The number of carbonyl (C=O) groups is 2. The fourth-order valence-corrected chi connectivity index (χ4v) is 3.33. The number of aromatic carboxylic acids is 2. The minimum Gasteiger partial charge on any atom is -0.478 e. The van der Waals surface area contributed by atoms with Crippen LogP contribution >= 0.6 is 0 Å². The van der Waals surface area contributed by atoms with Crippen LogP contribution in [-0.4, -0.2) is 30.6 Å². The molecule has 0 bridgehead atoms. The predicted molar refractivity (Wildman–Crippen MR) is 82.3 cm³/mol. The molecule has 0 saturated heterocycles. The second-order valence-corrected chi connectivity index (χ2v) is 6.39. The van der Waals surface area contributed by atoms with Crippen LogP contribution in [0.3, 0.4) is 0 Å². The lowest BCUT2D eigenvalue weighted by Crippen LogP contribution is -2.17. The molecule has 0 aromatic heterocycles. The van der Waals surface area contributed by atoms with Crippen molar-refractivity contribution in [1.29, 1.82) is 0 Å². The SMILES string of the molecule is Cc1ccc(C(=O)O)cc1S(=O)(=O)Nc1ccccc1C(=O)O. The molecule has 2 aromatic carbocycles. The lowest BCUT2D eigenvalue weighted by atomic mass is 10.1. The van der Waals surface area contributed by atoms with Gasteiger partial charge in [-0.2, -0.15) is 0 Å². The zero-order chi connectivity index (χ0) is 17.2. The van der Waals surface area contributed by atoms with Gasteiger partial charge >= 0.3 is 11.9 Å². The largest absolute Gasteiger partial charge is 0.478 e. The molecule has 0 amide bonds. The molecule has 23 heavy (non-hydrogen) atoms. The lowest BCUT2D eigenvalue weighted by molar-refractivity contribution is 0.0686. The van der Waals surface area contributed by atoms with E-state index in [4.69, 9.17) is 10.2 Å². The maximum absolute atomic E-state index is 12.5. The summed E-state index contributed by atoms with van der Waals surface area (Å²) in [4.78, 5) is 21.9. The quantitative estimate of drug-likeness (QED) is 0.770. The van der Waals surface area contributed by atoms with Crippen molar-refractivity contribution < 1.29 is 28.2 Å². The average molecular weight is 335 g/mol.